The van der Waals surface area contributed by atoms with Crippen molar-refractivity contribution in [2.75, 3.05) is 7.05 Å². The van der Waals surface area contributed by atoms with Gasteiger partial charge in [0.25, 0.3) is 5.91 Å². The largest absolute Gasteiger partial charge is 0.480 e. The average molecular weight is 302 g/mol. The number of hydrogen-bond acceptors (Lipinski definition) is 2. The number of benzene rings is 2. The van der Waals surface area contributed by atoms with E-state index in [1.165, 1.54) is 0 Å². The standard InChI is InChI=1S/C17H16ClNO2/c1-19(11-12-5-3-2-4-6-12)17(20)16-10-13-9-14(18)7-8-15(13)21-16/h2-9,16H,10-11H2,1H3. The fraction of sp³-hybridized carbons (Fsp3) is 0.235. The second kappa shape index (κ2) is 5.78. The van der Waals surface area contributed by atoms with E-state index in [9.17, 15) is 4.79 Å². The van der Waals surface area contributed by atoms with Crippen molar-refractivity contribution in [2.24, 2.45) is 0 Å². The van der Waals surface area contributed by atoms with Crippen molar-refractivity contribution in [3.63, 3.8) is 0 Å². The highest BCUT2D eigenvalue weighted by molar-refractivity contribution is 6.30. The van der Waals surface area contributed by atoms with Crippen LogP contribution in [-0.4, -0.2) is 24.0 Å². The van der Waals surface area contributed by atoms with Crippen molar-refractivity contribution < 1.29 is 9.53 Å². The number of rotatable bonds is 3. The van der Waals surface area contributed by atoms with Crippen LogP contribution in [0.25, 0.3) is 0 Å². The third-order valence-corrected chi connectivity index (χ3v) is 3.85. The number of fused-ring (bicyclic) bond motifs is 1. The number of carbonyl (C=O) groups is 1. The molecule has 0 aliphatic carbocycles. The van der Waals surface area contributed by atoms with Crippen LogP contribution >= 0.6 is 11.6 Å². The van der Waals surface area contributed by atoms with Crippen molar-refractivity contribution >= 4 is 17.5 Å². The minimum atomic E-state index is -0.452. The maximum atomic E-state index is 12.5. The van der Waals surface area contributed by atoms with Crippen LogP contribution in [0.5, 0.6) is 5.75 Å². The summed E-state index contributed by atoms with van der Waals surface area (Å²) in [6.45, 7) is 0.580. The van der Waals surface area contributed by atoms with E-state index in [1.54, 1.807) is 18.0 Å². The average Bonchev–Trinajstić information content (AvgIpc) is 2.90. The summed E-state index contributed by atoms with van der Waals surface area (Å²) in [6.07, 6.45) is 0.126. The van der Waals surface area contributed by atoms with E-state index in [1.807, 2.05) is 42.5 Å². The molecule has 0 aromatic heterocycles. The molecule has 2 aromatic rings. The molecule has 21 heavy (non-hydrogen) atoms. The number of halogens is 1. The second-order valence-corrected chi connectivity index (χ2v) is 5.68. The normalized spacial score (nSPS) is 16.2. The van der Waals surface area contributed by atoms with Crippen molar-refractivity contribution in [1.29, 1.82) is 0 Å². The lowest BCUT2D eigenvalue weighted by atomic mass is 10.1. The lowest BCUT2D eigenvalue weighted by Crippen LogP contribution is -2.38. The number of amides is 1. The maximum Gasteiger partial charge on any atom is 0.264 e. The number of likely N-dealkylation sites (N-methyl/N-ethyl adjacent to an activating group) is 1. The summed E-state index contributed by atoms with van der Waals surface area (Å²) >= 11 is 5.97. The SMILES string of the molecule is CN(Cc1ccccc1)C(=O)C1Cc2cc(Cl)ccc2O1. The molecule has 1 atom stereocenters. The molecule has 3 rings (SSSR count). The Bertz CT molecular complexity index is 657. The smallest absolute Gasteiger partial charge is 0.264 e. The van der Waals surface area contributed by atoms with E-state index < -0.39 is 6.10 Å². The van der Waals surface area contributed by atoms with E-state index in [0.29, 0.717) is 18.0 Å². The molecule has 0 N–H and O–H groups in total. The second-order valence-electron chi connectivity index (χ2n) is 5.24. The van der Waals surface area contributed by atoms with Crippen LogP contribution in [0.1, 0.15) is 11.1 Å². The molecule has 1 aliphatic rings. The van der Waals surface area contributed by atoms with Crippen LogP contribution in [0.15, 0.2) is 48.5 Å². The Morgan fingerprint density at radius 3 is 2.81 bits per heavy atom. The van der Waals surface area contributed by atoms with Crippen molar-refractivity contribution in [2.45, 2.75) is 19.1 Å². The van der Waals surface area contributed by atoms with E-state index in [0.717, 1.165) is 16.9 Å². The first-order valence-corrected chi connectivity index (χ1v) is 7.25. The van der Waals surface area contributed by atoms with Crippen LogP contribution in [0.3, 0.4) is 0 Å². The van der Waals surface area contributed by atoms with E-state index in [-0.39, 0.29) is 5.91 Å². The van der Waals surface area contributed by atoms with Gasteiger partial charge in [-0.3, -0.25) is 4.79 Å². The van der Waals surface area contributed by atoms with E-state index >= 15 is 0 Å². The summed E-state index contributed by atoms with van der Waals surface area (Å²) in [5.41, 5.74) is 2.10. The number of ether oxygens (including phenoxy) is 1. The molecule has 0 saturated heterocycles. The van der Waals surface area contributed by atoms with Gasteiger partial charge in [0.05, 0.1) is 0 Å². The van der Waals surface area contributed by atoms with Gasteiger partial charge >= 0.3 is 0 Å². The molecular formula is C17H16ClNO2. The first kappa shape index (κ1) is 14.0. The molecule has 0 fully saturated rings. The Hall–Kier alpha value is -2.00. The highest BCUT2D eigenvalue weighted by Gasteiger charge is 2.31. The predicted octanol–water partition coefficient (Wildman–Crippen LogP) is 3.30. The van der Waals surface area contributed by atoms with Crippen molar-refractivity contribution in [1.82, 2.24) is 4.90 Å². The third kappa shape index (κ3) is 3.03. The minimum absolute atomic E-state index is 0.00817. The predicted molar refractivity (Wildman–Crippen MR) is 82.5 cm³/mol. The van der Waals surface area contributed by atoms with Gasteiger partial charge in [-0.25, -0.2) is 0 Å². The van der Waals surface area contributed by atoms with E-state index in [2.05, 4.69) is 0 Å². The summed E-state index contributed by atoms with van der Waals surface area (Å²) in [7, 11) is 1.80. The van der Waals surface area contributed by atoms with E-state index in [4.69, 9.17) is 16.3 Å². The first-order valence-electron chi connectivity index (χ1n) is 6.87. The Labute approximate surface area is 129 Å². The highest BCUT2D eigenvalue weighted by atomic mass is 35.5. The fourth-order valence-corrected chi connectivity index (χ4v) is 2.73. The van der Waals surface area contributed by atoms with Gasteiger partial charge in [-0.05, 0) is 29.3 Å². The molecule has 4 heteroatoms. The van der Waals surface area contributed by atoms with Gasteiger partial charge in [0.2, 0.25) is 0 Å². The van der Waals surface area contributed by atoms with Crippen molar-refractivity contribution in [3.05, 3.63) is 64.7 Å². The lowest BCUT2D eigenvalue weighted by molar-refractivity contribution is -0.137. The summed E-state index contributed by atoms with van der Waals surface area (Å²) in [6, 6.07) is 15.4. The molecule has 0 saturated carbocycles. The Morgan fingerprint density at radius 1 is 1.29 bits per heavy atom. The monoisotopic (exact) mass is 301 g/mol. The topological polar surface area (TPSA) is 29.5 Å². The van der Waals surface area contributed by atoms with Crippen LogP contribution in [-0.2, 0) is 17.8 Å². The Kier molecular flexibility index (Phi) is 3.84. The van der Waals surface area contributed by atoms with Crippen LogP contribution in [0.4, 0.5) is 0 Å². The van der Waals surface area contributed by atoms with Gasteiger partial charge in [-0.1, -0.05) is 41.9 Å². The number of carbonyl (C=O) groups excluding carboxylic acids is 1. The first-order chi connectivity index (χ1) is 10.1. The van der Waals surface area contributed by atoms with Crippen LogP contribution in [0, 0.1) is 0 Å². The van der Waals surface area contributed by atoms with Gasteiger partial charge < -0.3 is 9.64 Å². The molecule has 1 heterocycles. The number of hydrogen-bond donors (Lipinski definition) is 0. The highest BCUT2D eigenvalue weighted by Crippen LogP contribution is 2.31. The third-order valence-electron chi connectivity index (χ3n) is 3.61. The molecule has 0 bridgehead atoms. The molecule has 1 aliphatic heterocycles. The quantitative estimate of drug-likeness (QED) is 0.870. The fourth-order valence-electron chi connectivity index (χ4n) is 2.54. The van der Waals surface area contributed by atoms with Gasteiger partial charge in [-0.2, -0.15) is 0 Å². The summed E-state index contributed by atoms with van der Waals surface area (Å²) in [4.78, 5) is 14.2. The Balaban J connectivity index is 1.67. The van der Waals surface area contributed by atoms with Crippen LogP contribution in [0.2, 0.25) is 5.02 Å². The van der Waals surface area contributed by atoms with Gasteiger partial charge in [0.15, 0.2) is 6.10 Å². The molecule has 108 valence electrons. The zero-order valence-corrected chi connectivity index (χ0v) is 12.5. The molecule has 1 unspecified atom stereocenters. The van der Waals surface area contributed by atoms with Gasteiger partial charge in [0.1, 0.15) is 5.75 Å². The molecule has 0 radical (unpaired) electrons. The molecule has 3 nitrogen and oxygen atoms in total. The molecular weight excluding hydrogens is 286 g/mol. The van der Waals surface area contributed by atoms with Gasteiger partial charge in [-0.15, -0.1) is 0 Å². The minimum Gasteiger partial charge on any atom is -0.480 e. The molecule has 0 spiro atoms. The summed E-state index contributed by atoms with van der Waals surface area (Å²) in [5.74, 6) is 0.747. The summed E-state index contributed by atoms with van der Waals surface area (Å²) < 4.78 is 5.73. The van der Waals surface area contributed by atoms with Gasteiger partial charge in [0, 0.05) is 25.0 Å². The zero-order valence-electron chi connectivity index (χ0n) is 11.8. The molecule has 1 amide bonds. The maximum absolute atomic E-state index is 12.5. The number of nitrogens with zero attached hydrogens (tertiary/aromatic N) is 1. The van der Waals surface area contributed by atoms with Crippen molar-refractivity contribution in [3.8, 4) is 5.75 Å². The molecule has 2 aromatic carbocycles. The Morgan fingerprint density at radius 2 is 2.05 bits per heavy atom. The summed E-state index contributed by atoms with van der Waals surface area (Å²) in [5, 5.41) is 0.670. The zero-order chi connectivity index (χ0) is 14.8. The van der Waals surface area contributed by atoms with Crippen LogP contribution < -0.4 is 4.74 Å². The lowest BCUT2D eigenvalue weighted by Gasteiger charge is -2.20.